The van der Waals surface area contributed by atoms with Crippen LogP contribution in [0.4, 0.5) is 13.2 Å². The van der Waals surface area contributed by atoms with Gasteiger partial charge in [0.1, 0.15) is 0 Å². The summed E-state index contributed by atoms with van der Waals surface area (Å²) in [6.45, 7) is 0.559. The van der Waals surface area contributed by atoms with Gasteiger partial charge in [-0.1, -0.05) is 15.9 Å². The third-order valence-electron chi connectivity index (χ3n) is 3.39. The lowest BCUT2D eigenvalue weighted by Gasteiger charge is -2.24. The Labute approximate surface area is 121 Å². The van der Waals surface area contributed by atoms with Crippen molar-refractivity contribution in [3.63, 3.8) is 0 Å². The zero-order chi connectivity index (χ0) is 14.3. The van der Waals surface area contributed by atoms with Gasteiger partial charge < -0.3 is 4.74 Å². The molecule has 1 aromatic carbocycles. The summed E-state index contributed by atoms with van der Waals surface area (Å²) >= 11 is 3.11. The zero-order valence-electron chi connectivity index (χ0n) is 10.5. The Balaban J connectivity index is 2.18. The number of fused-ring (bicyclic) bond motifs is 1. The maximum Gasteiger partial charge on any atom is 0.418 e. The van der Waals surface area contributed by atoms with Crippen LogP contribution in [0.2, 0.25) is 0 Å². The van der Waals surface area contributed by atoms with Gasteiger partial charge >= 0.3 is 6.18 Å². The summed E-state index contributed by atoms with van der Waals surface area (Å²) in [7, 11) is 0. The van der Waals surface area contributed by atoms with Gasteiger partial charge in [0.05, 0.1) is 17.3 Å². The van der Waals surface area contributed by atoms with Crippen LogP contribution in [0.15, 0.2) is 22.8 Å². The van der Waals surface area contributed by atoms with Crippen molar-refractivity contribution >= 4 is 26.8 Å². The van der Waals surface area contributed by atoms with Crippen LogP contribution < -0.4 is 0 Å². The maximum absolute atomic E-state index is 13.2. The van der Waals surface area contributed by atoms with Crippen LogP contribution in [0.25, 0.3) is 10.9 Å². The van der Waals surface area contributed by atoms with Crippen LogP contribution in [0, 0.1) is 0 Å². The summed E-state index contributed by atoms with van der Waals surface area (Å²) in [5.74, 6) is 0. The summed E-state index contributed by atoms with van der Waals surface area (Å²) in [4.78, 5) is 0. The molecule has 0 bridgehead atoms. The second-order valence-electron chi connectivity index (χ2n) is 4.80. The predicted octanol–water partition coefficient (Wildman–Crippen LogP) is 4.52. The number of rotatable bonds is 1. The van der Waals surface area contributed by atoms with Crippen molar-refractivity contribution in [1.82, 2.24) is 9.78 Å². The van der Waals surface area contributed by atoms with Crippen LogP contribution in [-0.2, 0) is 10.9 Å². The average Bonchev–Trinajstić information content (AvgIpc) is 2.81. The van der Waals surface area contributed by atoms with E-state index in [9.17, 15) is 13.2 Å². The molecule has 20 heavy (non-hydrogen) atoms. The van der Waals surface area contributed by atoms with E-state index in [0.29, 0.717) is 22.9 Å². The highest BCUT2D eigenvalue weighted by atomic mass is 79.9. The van der Waals surface area contributed by atoms with Gasteiger partial charge in [0.25, 0.3) is 0 Å². The molecule has 1 aromatic heterocycles. The van der Waals surface area contributed by atoms with Crippen molar-refractivity contribution in [2.45, 2.75) is 31.7 Å². The van der Waals surface area contributed by atoms with Gasteiger partial charge in [0, 0.05) is 16.5 Å². The number of hydrogen-bond donors (Lipinski definition) is 0. The molecule has 1 aliphatic rings. The molecule has 3 nitrogen and oxygen atoms in total. The molecular weight excluding hydrogens is 337 g/mol. The minimum atomic E-state index is -4.42. The van der Waals surface area contributed by atoms with Gasteiger partial charge in [-0.15, -0.1) is 0 Å². The predicted molar refractivity (Wildman–Crippen MR) is 71.3 cm³/mol. The summed E-state index contributed by atoms with van der Waals surface area (Å²) in [6.07, 6.45) is -0.827. The number of aromatic nitrogens is 2. The van der Waals surface area contributed by atoms with E-state index in [1.807, 2.05) is 0 Å². The van der Waals surface area contributed by atoms with Crippen molar-refractivity contribution < 1.29 is 17.9 Å². The third kappa shape index (κ3) is 2.44. The molecular formula is C13H12BrF3N2O. The lowest BCUT2D eigenvalue weighted by Crippen LogP contribution is -2.20. The highest BCUT2D eigenvalue weighted by molar-refractivity contribution is 9.10. The molecule has 7 heteroatoms. The first kappa shape index (κ1) is 13.9. The number of hydrogen-bond acceptors (Lipinski definition) is 2. The van der Waals surface area contributed by atoms with Gasteiger partial charge in [0.2, 0.25) is 0 Å². The third-order valence-corrected chi connectivity index (χ3v) is 3.85. The second-order valence-corrected chi connectivity index (χ2v) is 5.71. The quantitative estimate of drug-likeness (QED) is 0.757. The molecule has 1 aliphatic heterocycles. The molecule has 0 N–H and O–H groups in total. The number of benzene rings is 1. The van der Waals surface area contributed by atoms with E-state index < -0.39 is 18.0 Å². The van der Waals surface area contributed by atoms with Crippen LogP contribution in [-0.4, -0.2) is 16.4 Å². The number of nitrogens with zero attached hydrogens (tertiary/aromatic N) is 2. The number of halogens is 4. The molecule has 0 amide bonds. The molecule has 0 saturated carbocycles. The Kier molecular flexibility index (Phi) is 3.50. The largest absolute Gasteiger partial charge is 0.418 e. The Bertz CT molecular complexity index is 632. The minimum absolute atomic E-state index is 0.0904. The summed E-state index contributed by atoms with van der Waals surface area (Å²) < 4.78 is 47.0. The van der Waals surface area contributed by atoms with Gasteiger partial charge in [-0.2, -0.15) is 18.3 Å². The fourth-order valence-electron chi connectivity index (χ4n) is 2.51. The highest BCUT2D eigenvalue weighted by Gasteiger charge is 2.35. The molecule has 1 saturated heterocycles. The Morgan fingerprint density at radius 1 is 1.30 bits per heavy atom. The molecule has 108 valence electrons. The summed E-state index contributed by atoms with van der Waals surface area (Å²) in [5, 5.41) is 4.56. The zero-order valence-corrected chi connectivity index (χ0v) is 12.0. The van der Waals surface area contributed by atoms with Gasteiger partial charge in [0.15, 0.2) is 6.23 Å². The van der Waals surface area contributed by atoms with E-state index >= 15 is 0 Å². The number of ether oxygens (including phenoxy) is 1. The van der Waals surface area contributed by atoms with Crippen LogP contribution in [0.3, 0.4) is 0 Å². The SMILES string of the molecule is FC(F)(F)c1cc(Br)cc2cnn(C3CCCCO3)c12. The first-order valence-corrected chi connectivity index (χ1v) is 7.11. The van der Waals surface area contributed by atoms with E-state index in [1.165, 1.54) is 10.9 Å². The summed E-state index contributed by atoms with van der Waals surface area (Å²) in [5.41, 5.74) is -0.596. The fraction of sp³-hybridized carbons (Fsp3) is 0.462. The smallest absolute Gasteiger partial charge is 0.356 e. The highest BCUT2D eigenvalue weighted by Crippen LogP contribution is 2.38. The molecule has 3 rings (SSSR count). The molecule has 1 unspecified atom stereocenters. The summed E-state index contributed by atoms with van der Waals surface area (Å²) in [6, 6.07) is 2.72. The van der Waals surface area contributed by atoms with Crippen molar-refractivity contribution in [1.29, 1.82) is 0 Å². The standard InChI is InChI=1S/C13H12BrF3N2O/c14-9-5-8-7-18-19(11-3-1-2-4-20-11)12(8)10(6-9)13(15,16)17/h5-7,11H,1-4H2. The average molecular weight is 349 g/mol. The van der Waals surface area contributed by atoms with Crippen molar-refractivity contribution in [3.05, 3.63) is 28.4 Å². The lowest BCUT2D eigenvalue weighted by molar-refractivity contribution is -0.136. The lowest BCUT2D eigenvalue weighted by atomic mass is 10.1. The van der Waals surface area contributed by atoms with E-state index in [-0.39, 0.29) is 5.52 Å². The molecule has 0 radical (unpaired) electrons. The van der Waals surface area contributed by atoms with Crippen LogP contribution >= 0.6 is 15.9 Å². The Morgan fingerprint density at radius 2 is 2.10 bits per heavy atom. The van der Waals surface area contributed by atoms with E-state index in [1.54, 1.807) is 6.07 Å². The second kappa shape index (κ2) is 5.04. The Morgan fingerprint density at radius 3 is 2.75 bits per heavy atom. The van der Waals surface area contributed by atoms with E-state index in [0.717, 1.165) is 18.9 Å². The first-order valence-electron chi connectivity index (χ1n) is 6.32. The molecule has 1 fully saturated rings. The molecule has 2 heterocycles. The molecule has 1 atom stereocenters. The minimum Gasteiger partial charge on any atom is -0.356 e. The normalized spacial score (nSPS) is 20.5. The number of alkyl halides is 3. The maximum atomic E-state index is 13.2. The van der Waals surface area contributed by atoms with Crippen LogP contribution in [0.5, 0.6) is 0 Å². The van der Waals surface area contributed by atoms with E-state index in [4.69, 9.17) is 4.74 Å². The van der Waals surface area contributed by atoms with Gasteiger partial charge in [-0.05, 0) is 31.4 Å². The van der Waals surface area contributed by atoms with Gasteiger partial charge in [-0.25, -0.2) is 4.68 Å². The monoisotopic (exact) mass is 348 g/mol. The van der Waals surface area contributed by atoms with E-state index in [2.05, 4.69) is 21.0 Å². The van der Waals surface area contributed by atoms with Crippen molar-refractivity contribution in [2.24, 2.45) is 0 Å². The Hall–Kier alpha value is -1.08. The molecule has 2 aromatic rings. The molecule has 0 aliphatic carbocycles. The molecule has 0 spiro atoms. The van der Waals surface area contributed by atoms with Crippen LogP contribution in [0.1, 0.15) is 31.1 Å². The van der Waals surface area contributed by atoms with Crippen molar-refractivity contribution in [3.8, 4) is 0 Å². The van der Waals surface area contributed by atoms with Gasteiger partial charge in [-0.3, -0.25) is 0 Å². The topological polar surface area (TPSA) is 27.1 Å². The first-order chi connectivity index (χ1) is 9.47. The fourth-order valence-corrected chi connectivity index (χ4v) is 2.98. The van der Waals surface area contributed by atoms with Crippen molar-refractivity contribution in [2.75, 3.05) is 6.61 Å².